The summed E-state index contributed by atoms with van der Waals surface area (Å²) in [6.45, 7) is 8.67. The Morgan fingerprint density at radius 1 is 1.11 bits per heavy atom. The predicted octanol–water partition coefficient (Wildman–Crippen LogP) is 4.59. The maximum absolute atomic E-state index is 4.87. The molecular formula is C16H21BrN2. The minimum Gasteiger partial charge on any atom is -0.331 e. The van der Waals surface area contributed by atoms with Gasteiger partial charge in [-0.1, -0.05) is 29.8 Å². The lowest BCUT2D eigenvalue weighted by atomic mass is 10.0. The largest absolute Gasteiger partial charge is 0.331 e. The minimum atomic E-state index is 0.992. The first kappa shape index (κ1) is 14.3. The summed E-state index contributed by atoms with van der Waals surface area (Å²) in [5.74, 6) is 1.09. The van der Waals surface area contributed by atoms with Gasteiger partial charge in [0.2, 0.25) is 0 Å². The van der Waals surface area contributed by atoms with Gasteiger partial charge in [-0.2, -0.15) is 0 Å². The van der Waals surface area contributed by atoms with Gasteiger partial charge in [0.25, 0.3) is 0 Å². The van der Waals surface area contributed by atoms with E-state index in [1.807, 2.05) is 0 Å². The molecule has 19 heavy (non-hydrogen) atoms. The molecule has 0 aliphatic carbocycles. The number of rotatable bonds is 3. The van der Waals surface area contributed by atoms with E-state index in [2.05, 4.69) is 67.4 Å². The van der Waals surface area contributed by atoms with Crippen molar-refractivity contribution < 1.29 is 0 Å². The predicted molar refractivity (Wildman–Crippen MR) is 84.6 cm³/mol. The zero-order chi connectivity index (χ0) is 14.2. The third-order valence-electron chi connectivity index (χ3n) is 3.69. The summed E-state index contributed by atoms with van der Waals surface area (Å²) in [6, 6.07) is 4.32. The van der Waals surface area contributed by atoms with Crippen LogP contribution in [0.4, 0.5) is 0 Å². The number of aromatic nitrogens is 2. The molecular weight excluding hydrogens is 300 g/mol. The van der Waals surface area contributed by atoms with Crippen LogP contribution in [0.1, 0.15) is 36.4 Å². The van der Waals surface area contributed by atoms with Gasteiger partial charge in [0.05, 0.1) is 5.69 Å². The summed E-state index contributed by atoms with van der Waals surface area (Å²) in [5, 5.41) is 0. The van der Waals surface area contributed by atoms with E-state index in [-0.39, 0.29) is 0 Å². The zero-order valence-corrected chi connectivity index (χ0v) is 13.9. The first-order valence-corrected chi connectivity index (χ1v) is 7.60. The van der Waals surface area contributed by atoms with E-state index in [0.29, 0.717) is 0 Å². The molecule has 0 amide bonds. The van der Waals surface area contributed by atoms with Gasteiger partial charge in [0, 0.05) is 22.8 Å². The Hall–Kier alpha value is -1.09. The van der Waals surface area contributed by atoms with E-state index in [4.69, 9.17) is 4.98 Å². The van der Waals surface area contributed by atoms with Crippen molar-refractivity contribution in [1.82, 2.24) is 9.55 Å². The lowest BCUT2D eigenvalue weighted by Crippen LogP contribution is -2.00. The van der Waals surface area contributed by atoms with Crippen LogP contribution in [0.15, 0.2) is 16.6 Å². The molecule has 3 heteroatoms. The topological polar surface area (TPSA) is 17.8 Å². The van der Waals surface area contributed by atoms with Crippen molar-refractivity contribution >= 4 is 15.9 Å². The van der Waals surface area contributed by atoms with Gasteiger partial charge in [0.15, 0.2) is 0 Å². The Morgan fingerprint density at radius 3 is 2.11 bits per heavy atom. The van der Waals surface area contributed by atoms with Crippen LogP contribution < -0.4 is 0 Å². The highest BCUT2D eigenvalue weighted by atomic mass is 79.9. The summed E-state index contributed by atoms with van der Waals surface area (Å²) in [4.78, 5) is 4.87. The van der Waals surface area contributed by atoms with E-state index in [1.165, 1.54) is 28.1 Å². The van der Waals surface area contributed by atoms with Crippen molar-refractivity contribution in [1.29, 1.82) is 0 Å². The van der Waals surface area contributed by atoms with Gasteiger partial charge in [-0.15, -0.1) is 0 Å². The Kier molecular flexibility index (Phi) is 4.14. The van der Waals surface area contributed by atoms with Crippen LogP contribution in [0, 0.1) is 13.8 Å². The van der Waals surface area contributed by atoms with Gasteiger partial charge in [-0.25, -0.2) is 4.98 Å². The molecule has 0 fully saturated rings. The van der Waals surface area contributed by atoms with E-state index in [0.717, 1.165) is 23.1 Å². The minimum absolute atomic E-state index is 0.992. The van der Waals surface area contributed by atoms with E-state index < -0.39 is 0 Å². The Balaban J connectivity index is 2.69. The summed E-state index contributed by atoms with van der Waals surface area (Å²) in [7, 11) is 2.13. The second kappa shape index (κ2) is 5.49. The molecule has 2 nitrogen and oxygen atoms in total. The molecule has 2 rings (SSSR count). The number of halogens is 1. The fourth-order valence-electron chi connectivity index (χ4n) is 2.80. The van der Waals surface area contributed by atoms with Gasteiger partial charge in [0.1, 0.15) is 5.82 Å². The number of aryl methyl sites for hydroxylation is 3. The van der Waals surface area contributed by atoms with Crippen LogP contribution >= 0.6 is 15.9 Å². The van der Waals surface area contributed by atoms with E-state index in [9.17, 15) is 0 Å². The summed E-state index contributed by atoms with van der Waals surface area (Å²) in [6.07, 6.45) is 2.02. The first-order valence-electron chi connectivity index (χ1n) is 6.81. The molecule has 1 heterocycles. The van der Waals surface area contributed by atoms with Crippen LogP contribution in [0.3, 0.4) is 0 Å². The number of hydrogen-bond acceptors (Lipinski definition) is 1. The molecule has 0 bridgehead atoms. The van der Waals surface area contributed by atoms with Gasteiger partial charge in [-0.05, 0) is 49.9 Å². The smallest absolute Gasteiger partial charge is 0.140 e. The molecule has 0 aliphatic rings. The molecule has 0 unspecified atom stereocenters. The lowest BCUT2D eigenvalue weighted by Gasteiger charge is -2.11. The van der Waals surface area contributed by atoms with E-state index in [1.54, 1.807) is 0 Å². The van der Waals surface area contributed by atoms with Crippen LogP contribution in [-0.4, -0.2) is 9.55 Å². The van der Waals surface area contributed by atoms with Crippen molar-refractivity contribution in [3.8, 4) is 11.4 Å². The summed E-state index contributed by atoms with van der Waals surface area (Å²) < 4.78 is 3.38. The molecule has 0 saturated carbocycles. The molecule has 0 aliphatic heterocycles. The summed E-state index contributed by atoms with van der Waals surface area (Å²) >= 11 is 3.56. The molecule has 2 aromatic rings. The van der Waals surface area contributed by atoms with Crippen LogP contribution in [0.25, 0.3) is 11.4 Å². The van der Waals surface area contributed by atoms with Crippen LogP contribution in [0.5, 0.6) is 0 Å². The van der Waals surface area contributed by atoms with Crippen molar-refractivity contribution in [3.05, 3.63) is 39.1 Å². The molecule has 1 aromatic heterocycles. The molecule has 1 aromatic carbocycles. The SMILES string of the molecule is CCc1nc(-c2c(C)cc(Br)cc2C)n(C)c1CC. The molecule has 102 valence electrons. The number of nitrogens with zero attached hydrogens (tertiary/aromatic N) is 2. The fourth-order valence-corrected chi connectivity index (χ4v) is 3.49. The monoisotopic (exact) mass is 320 g/mol. The first-order chi connectivity index (χ1) is 8.99. The normalized spacial score (nSPS) is 11.1. The Bertz CT molecular complexity index is 588. The van der Waals surface area contributed by atoms with Crippen molar-refractivity contribution in [2.75, 3.05) is 0 Å². The highest BCUT2D eigenvalue weighted by Gasteiger charge is 2.16. The van der Waals surface area contributed by atoms with Crippen LogP contribution in [0.2, 0.25) is 0 Å². The molecule has 0 N–H and O–H groups in total. The maximum Gasteiger partial charge on any atom is 0.140 e. The van der Waals surface area contributed by atoms with Gasteiger partial charge in [-0.3, -0.25) is 0 Å². The lowest BCUT2D eigenvalue weighted by molar-refractivity contribution is 0.828. The third-order valence-corrected chi connectivity index (χ3v) is 4.15. The average Bonchev–Trinajstić information content (AvgIpc) is 2.65. The summed E-state index contributed by atoms with van der Waals surface area (Å²) in [5.41, 5.74) is 6.37. The molecule has 0 saturated heterocycles. The average molecular weight is 321 g/mol. The quantitative estimate of drug-likeness (QED) is 0.808. The standard InChI is InChI=1S/C16H21BrN2/c1-6-13-14(7-2)19(5)16(18-13)15-10(3)8-12(17)9-11(15)4/h8-9H,6-7H2,1-5H3. The second-order valence-electron chi connectivity index (χ2n) is 5.01. The highest BCUT2D eigenvalue weighted by Crippen LogP contribution is 2.30. The number of imidazole rings is 1. The third kappa shape index (κ3) is 2.48. The Labute approximate surface area is 124 Å². The van der Waals surface area contributed by atoms with Crippen molar-refractivity contribution in [2.24, 2.45) is 7.05 Å². The Morgan fingerprint density at radius 2 is 1.68 bits per heavy atom. The molecule has 0 spiro atoms. The number of benzene rings is 1. The van der Waals surface area contributed by atoms with Crippen molar-refractivity contribution in [2.45, 2.75) is 40.5 Å². The second-order valence-corrected chi connectivity index (χ2v) is 5.93. The van der Waals surface area contributed by atoms with Crippen LogP contribution in [-0.2, 0) is 19.9 Å². The molecule has 0 atom stereocenters. The zero-order valence-electron chi connectivity index (χ0n) is 12.3. The number of hydrogen-bond donors (Lipinski definition) is 0. The van der Waals surface area contributed by atoms with Gasteiger partial charge < -0.3 is 4.57 Å². The van der Waals surface area contributed by atoms with Crippen molar-refractivity contribution in [3.63, 3.8) is 0 Å². The van der Waals surface area contributed by atoms with E-state index >= 15 is 0 Å². The highest BCUT2D eigenvalue weighted by molar-refractivity contribution is 9.10. The molecule has 0 radical (unpaired) electrons. The van der Waals surface area contributed by atoms with Gasteiger partial charge >= 0.3 is 0 Å². The maximum atomic E-state index is 4.87. The fraction of sp³-hybridized carbons (Fsp3) is 0.438.